The lowest BCUT2D eigenvalue weighted by atomic mass is 9.98. The standard InChI is InChI=1S/C31H34F3N5O3S/c1-4-31(33,34)18-43(40,41)17-25-22-8-7-20(3)28(23(22)9-10-26(25)32)42-29-24(6-5-12-36-29)27-11-13-37-30(39-27)38-21-14-19(2)15-35-16-21/h5-13,19,21,35H,4,14-18H2,1-3H3,(H,37,38,39)/t19-,21+/m1/s1. The van der Waals surface area contributed by atoms with Crippen molar-refractivity contribution in [3.05, 3.63) is 71.8 Å². The quantitative estimate of drug-likeness (QED) is 0.215. The second-order valence-electron chi connectivity index (χ2n) is 11.1. The third-order valence-corrected chi connectivity index (χ3v) is 9.11. The second kappa shape index (κ2) is 12.5. The van der Waals surface area contributed by atoms with Crippen LogP contribution in [0.4, 0.5) is 19.1 Å². The van der Waals surface area contributed by atoms with Crippen LogP contribution in [-0.2, 0) is 15.6 Å². The molecule has 2 aromatic carbocycles. The topological polar surface area (TPSA) is 106 Å². The monoisotopic (exact) mass is 613 g/mol. The van der Waals surface area contributed by atoms with Crippen molar-refractivity contribution < 1.29 is 26.3 Å². The van der Waals surface area contributed by atoms with E-state index in [9.17, 15) is 17.2 Å². The number of sulfone groups is 1. The highest BCUT2D eigenvalue weighted by molar-refractivity contribution is 7.90. The van der Waals surface area contributed by atoms with Crippen molar-refractivity contribution in [2.24, 2.45) is 5.92 Å². The van der Waals surface area contributed by atoms with Gasteiger partial charge in [0.05, 0.1) is 17.0 Å². The van der Waals surface area contributed by atoms with Gasteiger partial charge in [-0.25, -0.2) is 36.5 Å². The number of alkyl halides is 2. The molecule has 0 saturated carbocycles. The summed E-state index contributed by atoms with van der Waals surface area (Å²) < 4.78 is 74.6. The maximum atomic E-state index is 15.0. The van der Waals surface area contributed by atoms with E-state index >= 15 is 4.39 Å². The normalized spacial score (nSPS) is 17.6. The molecule has 4 aromatic rings. The molecule has 228 valence electrons. The van der Waals surface area contributed by atoms with Crippen LogP contribution in [0.3, 0.4) is 0 Å². The van der Waals surface area contributed by atoms with E-state index in [1.54, 1.807) is 43.6 Å². The zero-order valence-electron chi connectivity index (χ0n) is 24.2. The number of aryl methyl sites for hydroxylation is 1. The third kappa shape index (κ3) is 7.24. The number of halogens is 3. The predicted molar refractivity (Wildman–Crippen MR) is 161 cm³/mol. The third-order valence-electron chi connectivity index (χ3n) is 7.52. The van der Waals surface area contributed by atoms with Crippen LogP contribution < -0.4 is 15.4 Å². The zero-order valence-corrected chi connectivity index (χ0v) is 25.0. The highest BCUT2D eigenvalue weighted by Crippen LogP contribution is 2.38. The Hall–Kier alpha value is -3.77. The molecular formula is C31H34F3N5O3S. The highest BCUT2D eigenvalue weighted by Gasteiger charge is 2.34. The maximum absolute atomic E-state index is 15.0. The Morgan fingerprint density at radius 2 is 1.86 bits per heavy atom. The summed E-state index contributed by atoms with van der Waals surface area (Å²) in [6.45, 7) is 6.98. The molecule has 0 unspecified atom stereocenters. The number of ether oxygens (including phenoxy) is 1. The van der Waals surface area contributed by atoms with Gasteiger partial charge in [-0.05, 0) is 67.1 Å². The number of fused-ring (bicyclic) bond motifs is 1. The van der Waals surface area contributed by atoms with Crippen molar-refractivity contribution in [2.75, 3.05) is 24.2 Å². The van der Waals surface area contributed by atoms with E-state index in [1.165, 1.54) is 13.0 Å². The van der Waals surface area contributed by atoms with Crippen LogP contribution >= 0.6 is 0 Å². The largest absolute Gasteiger partial charge is 0.437 e. The van der Waals surface area contributed by atoms with E-state index in [2.05, 4.69) is 27.5 Å². The maximum Gasteiger partial charge on any atom is 0.261 e. The molecule has 0 radical (unpaired) electrons. The van der Waals surface area contributed by atoms with Crippen molar-refractivity contribution in [1.29, 1.82) is 0 Å². The fraction of sp³-hybridized carbons (Fsp3) is 0.387. The molecule has 2 atom stereocenters. The van der Waals surface area contributed by atoms with Crippen molar-refractivity contribution >= 4 is 26.6 Å². The van der Waals surface area contributed by atoms with Crippen LogP contribution in [0.1, 0.15) is 37.8 Å². The smallest absolute Gasteiger partial charge is 0.261 e. The van der Waals surface area contributed by atoms with Crippen LogP contribution in [0.5, 0.6) is 11.6 Å². The SMILES string of the molecule is CCC(F)(F)CS(=O)(=O)Cc1c(F)ccc2c(Oc3ncccc3-c3ccnc(N[C@@H]4CNC[C@H](C)C4)n3)c(C)ccc12. The Kier molecular flexibility index (Phi) is 8.89. The van der Waals surface area contributed by atoms with Gasteiger partial charge < -0.3 is 15.4 Å². The summed E-state index contributed by atoms with van der Waals surface area (Å²) in [7, 11) is -4.33. The van der Waals surface area contributed by atoms with Gasteiger partial charge in [-0.2, -0.15) is 0 Å². The molecule has 0 spiro atoms. The van der Waals surface area contributed by atoms with Crippen molar-refractivity contribution in [3.8, 4) is 22.9 Å². The number of benzene rings is 2. The highest BCUT2D eigenvalue weighted by atomic mass is 32.2. The number of aromatic nitrogens is 3. The van der Waals surface area contributed by atoms with Crippen LogP contribution in [0.25, 0.3) is 22.0 Å². The number of rotatable bonds is 10. The van der Waals surface area contributed by atoms with Gasteiger partial charge in [-0.3, -0.25) is 0 Å². The fourth-order valence-corrected chi connectivity index (χ4v) is 6.97. The van der Waals surface area contributed by atoms with Gasteiger partial charge in [0.1, 0.15) is 17.3 Å². The van der Waals surface area contributed by atoms with Crippen LogP contribution in [0.15, 0.2) is 54.9 Å². The van der Waals surface area contributed by atoms with Gasteiger partial charge in [0.15, 0.2) is 9.84 Å². The lowest BCUT2D eigenvalue weighted by molar-refractivity contribution is 0.0217. The van der Waals surface area contributed by atoms with Gasteiger partial charge in [-0.1, -0.05) is 26.0 Å². The molecule has 1 aliphatic heterocycles. The van der Waals surface area contributed by atoms with E-state index < -0.39 is 39.5 Å². The molecule has 8 nitrogen and oxygen atoms in total. The number of nitrogens with zero attached hydrogens (tertiary/aromatic N) is 3. The van der Waals surface area contributed by atoms with Crippen molar-refractivity contribution in [1.82, 2.24) is 20.3 Å². The van der Waals surface area contributed by atoms with E-state index in [1.807, 2.05) is 6.07 Å². The van der Waals surface area contributed by atoms with Gasteiger partial charge in [0.25, 0.3) is 5.92 Å². The predicted octanol–water partition coefficient (Wildman–Crippen LogP) is 6.30. The first-order valence-electron chi connectivity index (χ1n) is 14.2. The molecule has 0 bridgehead atoms. The van der Waals surface area contributed by atoms with Crippen molar-refractivity contribution in [2.45, 2.75) is 51.3 Å². The molecule has 43 heavy (non-hydrogen) atoms. The fourth-order valence-electron chi connectivity index (χ4n) is 5.29. The lowest BCUT2D eigenvalue weighted by Crippen LogP contribution is -2.42. The number of piperidine rings is 1. The summed E-state index contributed by atoms with van der Waals surface area (Å²) in [4.78, 5) is 13.5. The molecule has 12 heteroatoms. The Morgan fingerprint density at radius 1 is 1.07 bits per heavy atom. The van der Waals surface area contributed by atoms with Gasteiger partial charge in [0, 0.05) is 42.4 Å². The molecule has 2 N–H and O–H groups in total. The molecule has 5 rings (SSSR count). The summed E-state index contributed by atoms with van der Waals surface area (Å²) in [6, 6.07) is 11.4. The number of anilines is 1. The summed E-state index contributed by atoms with van der Waals surface area (Å²) in [5.41, 5.74) is 1.66. The lowest BCUT2D eigenvalue weighted by Gasteiger charge is -2.28. The second-order valence-corrected chi connectivity index (χ2v) is 13.2. The Morgan fingerprint density at radius 3 is 2.63 bits per heavy atom. The first-order valence-corrected chi connectivity index (χ1v) is 16.0. The Labute approximate surface area is 249 Å². The minimum absolute atomic E-state index is 0.187. The van der Waals surface area contributed by atoms with E-state index in [0.29, 0.717) is 39.8 Å². The summed E-state index contributed by atoms with van der Waals surface area (Å²) in [6.07, 6.45) is 3.59. The number of pyridine rings is 1. The molecule has 3 heterocycles. The van der Waals surface area contributed by atoms with E-state index in [-0.39, 0.29) is 22.9 Å². The minimum Gasteiger partial charge on any atom is -0.437 e. The van der Waals surface area contributed by atoms with Gasteiger partial charge in [0.2, 0.25) is 11.8 Å². The number of hydrogen-bond acceptors (Lipinski definition) is 8. The molecule has 0 aliphatic carbocycles. The molecule has 1 fully saturated rings. The summed E-state index contributed by atoms with van der Waals surface area (Å²) in [5.74, 6) is -4.84. The molecular weight excluding hydrogens is 579 g/mol. The van der Waals surface area contributed by atoms with Gasteiger partial charge in [-0.15, -0.1) is 0 Å². The van der Waals surface area contributed by atoms with Crippen LogP contribution in [0.2, 0.25) is 0 Å². The van der Waals surface area contributed by atoms with Crippen molar-refractivity contribution in [3.63, 3.8) is 0 Å². The minimum atomic E-state index is -4.33. The summed E-state index contributed by atoms with van der Waals surface area (Å²) in [5, 5.41) is 7.48. The number of hydrogen-bond donors (Lipinski definition) is 2. The molecule has 0 amide bonds. The first-order chi connectivity index (χ1) is 20.4. The van der Waals surface area contributed by atoms with Gasteiger partial charge >= 0.3 is 0 Å². The average Bonchev–Trinajstić information content (AvgIpc) is 2.96. The van der Waals surface area contributed by atoms with Crippen LogP contribution in [-0.4, -0.2) is 54.2 Å². The molecule has 1 aliphatic rings. The van der Waals surface area contributed by atoms with E-state index in [4.69, 9.17) is 9.72 Å². The van der Waals surface area contributed by atoms with E-state index in [0.717, 1.165) is 25.6 Å². The number of nitrogens with one attached hydrogen (secondary N) is 2. The Balaban J connectivity index is 1.48. The molecule has 1 saturated heterocycles. The summed E-state index contributed by atoms with van der Waals surface area (Å²) >= 11 is 0. The molecule has 2 aromatic heterocycles. The Bertz CT molecular complexity index is 1740. The first kappa shape index (κ1) is 30.7. The average molecular weight is 614 g/mol. The van der Waals surface area contributed by atoms with Crippen LogP contribution in [0, 0.1) is 18.7 Å². The zero-order chi connectivity index (χ0) is 30.8.